The molecule has 0 saturated heterocycles. The predicted molar refractivity (Wildman–Crippen MR) is 45.0 cm³/mol. The molecular weight excluding hydrogens is 383 g/mol. The van der Waals surface area contributed by atoms with Crippen molar-refractivity contribution in [3.8, 4) is 5.75 Å². The summed E-state index contributed by atoms with van der Waals surface area (Å²) in [5.74, 6) is 0.699. The van der Waals surface area contributed by atoms with Gasteiger partial charge < -0.3 is 14.9 Å². The third-order valence-corrected chi connectivity index (χ3v) is 1.40. The van der Waals surface area contributed by atoms with E-state index in [1.54, 1.807) is 12.1 Å². The fourth-order valence-corrected chi connectivity index (χ4v) is 0.762. The Morgan fingerprint density at radius 1 is 1.23 bits per heavy atom. The summed E-state index contributed by atoms with van der Waals surface area (Å²) in [6, 6.07) is 9.17. The molecule has 1 rings (SSSR count). The predicted octanol–water partition coefficient (Wildman–Crippen LogP) is 0.419. The van der Waals surface area contributed by atoms with Gasteiger partial charge in [0.15, 0.2) is 0 Å². The maximum absolute atomic E-state index is 8.94. The van der Waals surface area contributed by atoms with Crippen molar-refractivity contribution < 1.29 is 59.0 Å². The van der Waals surface area contributed by atoms with Crippen LogP contribution in [0.25, 0.3) is 0 Å². The molecule has 0 aliphatic heterocycles. The first-order valence-corrected chi connectivity index (χ1v) is 3.79. The van der Waals surface area contributed by atoms with E-state index in [9.17, 15) is 0 Å². The standard InChI is InChI=1S/C9H12O3.Ac/c10-6-8(11)7-12-9-4-2-1-3-5-9;/h1-5,8,10-11H,6-7H2;. The fraction of sp³-hybridized carbons (Fsp3) is 0.333. The van der Waals surface area contributed by atoms with E-state index >= 15 is 0 Å². The Hall–Kier alpha value is 0.382. The van der Waals surface area contributed by atoms with Crippen molar-refractivity contribution in [3.05, 3.63) is 30.3 Å². The molecule has 0 spiro atoms. The molecule has 0 aliphatic rings. The summed E-state index contributed by atoms with van der Waals surface area (Å²) < 4.78 is 5.15. The van der Waals surface area contributed by atoms with E-state index in [1.807, 2.05) is 18.2 Å². The van der Waals surface area contributed by atoms with E-state index < -0.39 is 6.10 Å². The minimum atomic E-state index is -0.801. The molecule has 0 bridgehead atoms. The van der Waals surface area contributed by atoms with Gasteiger partial charge in [0.05, 0.1) is 6.61 Å². The molecule has 69 valence electrons. The van der Waals surface area contributed by atoms with Gasteiger partial charge in [-0.1, -0.05) is 18.2 Å². The summed E-state index contributed by atoms with van der Waals surface area (Å²) in [6.07, 6.45) is -0.801. The summed E-state index contributed by atoms with van der Waals surface area (Å²) in [5, 5.41) is 17.4. The smallest absolute Gasteiger partial charge is 0.119 e. The van der Waals surface area contributed by atoms with Crippen molar-refractivity contribution in [2.45, 2.75) is 6.10 Å². The van der Waals surface area contributed by atoms with Gasteiger partial charge >= 0.3 is 0 Å². The largest absolute Gasteiger partial charge is 0.491 e. The van der Waals surface area contributed by atoms with Crippen LogP contribution >= 0.6 is 0 Å². The summed E-state index contributed by atoms with van der Waals surface area (Å²) in [7, 11) is 0. The zero-order valence-electron chi connectivity index (χ0n) is 7.26. The van der Waals surface area contributed by atoms with E-state index in [0.717, 1.165) is 0 Å². The molecule has 0 aromatic heterocycles. The van der Waals surface area contributed by atoms with Crippen molar-refractivity contribution in [3.63, 3.8) is 0 Å². The van der Waals surface area contributed by atoms with Crippen molar-refractivity contribution in [1.29, 1.82) is 0 Å². The molecule has 0 amide bonds. The van der Waals surface area contributed by atoms with Gasteiger partial charge in [-0.25, -0.2) is 0 Å². The fourth-order valence-electron chi connectivity index (χ4n) is 0.762. The van der Waals surface area contributed by atoms with Gasteiger partial charge in [0, 0.05) is 44.1 Å². The van der Waals surface area contributed by atoms with Crippen LogP contribution in [0.5, 0.6) is 5.75 Å². The molecule has 1 radical (unpaired) electrons. The molecule has 4 heteroatoms. The minimum absolute atomic E-state index is 0. The van der Waals surface area contributed by atoms with Crippen LogP contribution in [0.1, 0.15) is 0 Å². The van der Waals surface area contributed by atoms with Gasteiger partial charge in [0.25, 0.3) is 0 Å². The molecule has 1 aromatic rings. The van der Waals surface area contributed by atoms with E-state index in [4.69, 9.17) is 14.9 Å². The maximum atomic E-state index is 8.94. The SMILES string of the molecule is OCC(O)COc1ccccc1.[Ac]. The Kier molecular flexibility index (Phi) is 7.98. The first kappa shape index (κ1) is 13.4. The number of para-hydroxylation sites is 1. The van der Waals surface area contributed by atoms with Crippen molar-refractivity contribution in [2.75, 3.05) is 13.2 Å². The van der Waals surface area contributed by atoms with Gasteiger partial charge in [0.2, 0.25) is 0 Å². The minimum Gasteiger partial charge on any atom is -0.491 e. The molecule has 13 heavy (non-hydrogen) atoms. The molecule has 1 atom stereocenters. The summed E-state index contributed by atoms with van der Waals surface area (Å²) in [6.45, 7) is -0.145. The molecule has 1 aromatic carbocycles. The van der Waals surface area contributed by atoms with Gasteiger partial charge in [-0.05, 0) is 12.1 Å². The van der Waals surface area contributed by atoms with E-state index in [-0.39, 0.29) is 57.3 Å². The Morgan fingerprint density at radius 3 is 2.38 bits per heavy atom. The van der Waals surface area contributed by atoms with Gasteiger partial charge in [0.1, 0.15) is 18.5 Å². The monoisotopic (exact) mass is 395 g/mol. The van der Waals surface area contributed by atoms with Gasteiger partial charge in [-0.3, -0.25) is 0 Å². The summed E-state index contributed by atoms with van der Waals surface area (Å²) in [4.78, 5) is 0. The summed E-state index contributed by atoms with van der Waals surface area (Å²) >= 11 is 0. The third kappa shape index (κ3) is 5.64. The van der Waals surface area contributed by atoms with Crippen LogP contribution < -0.4 is 4.74 Å². The number of aliphatic hydroxyl groups excluding tert-OH is 2. The molecule has 2 N–H and O–H groups in total. The maximum Gasteiger partial charge on any atom is 0.119 e. The first-order valence-electron chi connectivity index (χ1n) is 3.79. The van der Waals surface area contributed by atoms with Crippen LogP contribution in [0.15, 0.2) is 30.3 Å². The molecule has 3 nitrogen and oxygen atoms in total. The zero-order chi connectivity index (χ0) is 8.81. The van der Waals surface area contributed by atoms with Crippen molar-refractivity contribution in [1.82, 2.24) is 0 Å². The zero-order valence-corrected chi connectivity index (χ0v) is 12.0. The molecule has 0 fully saturated rings. The molecular formula is C9H12AcO3. The van der Waals surface area contributed by atoms with E-state index in [0.29, 0.717) is 5.75 Å². The van der Waals surface area contributed by atoms with E-state index in [2.05, 4.69) is 0 Å². The molecule has 1 unspecified atom stereocenters. The second kappa shape index (κ2) is 7.75. The number of ether oxygens (including phenoxy) is 1. The second-order valence-corrected chi connectivity index (χ2v) is 2.46. The Labute approximate surface area is 113 Å². The molecule has 0 aliphatic carbocycles. The molecule has 0 heterocycles. The number of rotatable bonds is 4. The van der Waals surface area contributed by atoms with E-state index in [1.165, 1.54) is 0 Å². The first-order chi connectivity index (χ1) is 5.83. The third-order valence-electron chi connectivity index (χ3n) is 1.40. The van der Waals surface area contributed by atoms with Crippen LogP contribution in [0, 0.1) is 44.1 Å². The number of aliphatic hydroxyl groups is 2. The Balaban J connectivity index is 0.00000144. The van der Waals surface area contributed by atoms with Crippen molar-refractivity contribution >= 4 is 0 Å². The Bertz CT molecular complexity index is 215. The van der Waals surface area contributed by atoms with Crippen LogP contribution in [0.2, 0.25) is 0 Å². The Morgan fingerprint density at radius 2 is 1.85 bits per heavy atom. The topological polar surface area (TPSA) is 49.7 Å². The number of benzene rings is 1. The second-order valence-electron chi connectivity index (χ2n) is 2.46. The average Bonchev–Trinajstić information content (AvgIpc) is 2.16. The normalized spacial score (nSPS) is 11.5. The average molecular weight is 395 g/mol. The van der Waals surface area contributed by atoms with Crippen LogP contribution in [0.3, 0.4) is 0 Å². The summed E-state index contributed by atoms with van der Waals surface area (Å²) in [5.41, 5.74) is 0. The van der Waals surface area contributed by atoms with Crippen LogP contribution in [-0.4, -0.2) is 29.5 Å². The van der Waals surface area contributed by atoms with Crippen LogP contribution in [-0.2, 0) is 0 Å². The number of hydrogen-bond acceptors (Lipinski definition) is 3. The van der Waals surface area contributed by atoms with Crippen LogP contribution in [0.4, 0.5) is 0 Å². The van der Waals surface area contributed by atoms with Crippen molar-refractivity contribution in [2.24, 2.45) is 0 Å². The quantitative estimate of drug-likeness (QED) is 0.777. The molecule has 0 saturated carbocycles. The number of hydrogen-bond donors (Lipinski definition) is 2. The van der Waals surface area contributed by atoms with Gasteiger partial charge in [-0.15, -0.1) is 0 Å². The van der Waals surface area contributed by atoms with Gasteiger partial charge in [-0.2, -0.15) is 0 Å².